The minimum absolute atomic E-state index is 0.0557. The maximum absolute atomic E-state index is 12.7. The highest BCUT2D eigenvalue weighted by molar-refractivity contribution is 5.94. The Kier molecular flexibility index (Phi) is 5.27. The zero-order valence-corrected chi connectivity index (χ0v) is 17.3. The highest BCUT2D eigenvalue weighted by Crippen LogP contribution is 2.30. The van der Waals surface area contributed by atoms with Gasteiger partial charge < -0.3 is 4.42 Å². The van der Waals surface area contributed by atoms with E-state index < -0.39 is 5.91 Å². The van der Waals surface area contributed by atoms with E-state index in [4.69, 9.17) is 9.52 Å². The molecule has 6 heteroatoms. The van der Waals surface area contributed by atoms with Gasteiger partial charge in [-0.05, 0) is 29.3 Å². The van der Waals surface area contributed by atoms with Gasteiger partial charge in [0.1, 0.15) is 5.69 Å². The number of carbonyl (C=O) groups excluding carboxylic acids is 1. The summed E-state index contributed by atoms with van der Waals surface area (Å²) in [4.78, 5) is 12.7. The van der Waals surface area contributed by atoms with Crippen LogP contribution >= 0.6 is 0 Å². The smallest absolute Gasteiger partial charge is 0.313 e. The Bertz CT molecular complexity index is 1360. The zero-order chi connectivity index (χ0) is 21.9. The molecule has 1 amide bonds. The molecule has 6 nitrogen and oxygen atoms in total. The lowest BCUT2D eigenvalue weighted by atomic mass is 10.2. The van der Waals surface area contributed by atoms with E-state index in [1.807, 2.05) is 77.5 Å². The molecular weight excluding hydrogens is 402 g/mol. The third-order valence-corrected chi connectivity index (χ3v) is 5.29. The molecule has 0 bridgehead atoms. The van der Waals surface area contributed by atoms with Gasteiger partial charge in [-0.15, -0.1) is 0 Å². The van der Waals surface area contributed by atoms with Gasteiger partial charge in [-0.2, -0.15) is 5.10 Å². The van der Waals surface area contributed by atoms with Crippen LogP contribution in [0.25, 0.3) is 22.4 Å². The van der Waals surface area contributed by atoms with E-state index in [2.05, 4.69) is 12.1 Å². The van der Waals surface area contributed by atoms with Crippen molar-refractivity contribution in [3.8, 4) is 11.5 Å². The fourth-order valence-electron chi connectivity index (χ4n) is 3.72. The van der Waals surface area contributed by atoms with Gasteiger partial charge in [0.2, 0.25) is 0 Å². The molecule has 2 aromatic heterocycles. The summed E-state index contributed by atoms with van der Waals surface area (Å²) in [6.07, 6.45) is 0. The molecule has 0 saturated carbocycles. The number of hydroxylamine groups is 2. The summed E-state index contributed by atoms with van der Waals surface area (Å²) in [7, 11) is 0. The molecule has 0 atom stereocenters. The first kappa shape index (κ1) is 19.8. The van der Waals surface area contributed by atoms with E-state index in [0.717, 1.165) is 22.0 Å². The first-order chi connectivity index (χ1) is 15.7. The standard InChI is InChI=1S/C26H21N3O3/c30-26(29(31)18-20-11-5-2-6-12-20)24-16-15-23(32-24)25-21-13-7-8-14-22(21)28(27-25)17-19-9-3-1-4-10-19/h1-16,31H,17-18H2. The van der Waals surface area contributed by atoms with E-state index in [0.29, 0.717) is 23.1 Å². The highest BCUT2D eigenvalue weighted by Gasteiger charge is 2.21. The number of para-hydroxylation sites is 1. The molecule has 3 aromatic carbocycles. The normalized spacial score (nSPS) is 11.0. The van der Waals surface area contributed by atoms with E-state index in [1.165, 1.54) is 0 Å². The second-order valence-electron chi connectivity index (χ2n) is 7.52. The lowest BCUT2D eigenvalue weighted by Crippen LogP contribution is -2.26. The molecule has 158 valence electrons. The Morgan fingerprint density at radius 3 is 2.25 bits per heavy atom. The van der Waals surface area contributed by atoms with Crippen molar-refractivity contribution in [3.63, 3.8) is 0 Å². The zero-order valence-electron chi connectivity index (χ0n) is 17.3. The van der Waals surface area contributed by atoms with Crippen molar-refractivity contribution in [2.45, 2.75) is 13.1 Å². The van der Waals surface area contributed by atoms with Crippen LogP contribution in [0.4, 0.5) is 0 Å². The van der Waals surface area contributed by atoms with Gasteiger partial charge >= 0.3 is 5.91 Å². The van der Waals surface area contributed by atoms with Crippen LogP contribution < -0.4 is 0 Å². The van der Waals surface area contributed by atoms with Crippen LogP contribution in [0.3, 0.4) is 0 Å². The van der Waals surface area contributed by atoms with Crippen molar-refractivity contribution in [2.24, 2.45) is 0 Å². The summed E-state index contributed by atoms with van der Waals surface area (Å²) in [5, 5.41) is 16.6. The molecule has 2 heterocycles. The van der Waals surface area contributed by atoms with Gasteiger partial charge in [0.15, 0.2) is 11.5 Å². The molecule has 0 aliphatic rings. The number of hydrogen-bond acceptors (Lipinski definition) is 4. The Hall–Kier alpha value is -4.16. The van der Waals surface area contributed by atoms with Gasteiger partial charge in [0.25, 0.3) is 0 Å². The van der Waals surface area contributed by atoms with Crippen LogP contribution in [0.2, 0.25) is 0 Å². The minimum Gasteiger partial charge on any atom is -0.449 e. The number of amides is 1. The van der Waals surface area contributed by atoms with E-state index >= 15 is 0 Å². The molecule has 5 aromatic rings. The van der Waals surface area contributed by atoms with Crippen molar-refractivity contribution in [2.75, 3.05) is 0 Å². The average Bonchev–Trinajstić information content (AvgIpc) is 3.45. The lowest BCUT2D eigenvalue weighted by Gasteiger charge is -2.13. The molecule has 1 N–H and O–H groups in total. The summed E-state index contributed by atoms with van der Waals surface area (Å²) in [6, 6.07) is 30.6. The van der Waals surface area contributed by atoms with Crippen molar-refractivity contribution in [1.29, 1.82) is 0 Å². The first-order valence-corrected chi connectivity index (χ1v) is 10.3. The maximum atomic E-state index is 12.7. The molecular formula is C26H21N3O3. The van der Waals surface area contributed by atoms with Crippen LogP contribution in [0, 0.1) is 0 Å². The fraction of sp³-hybridized carbons (Fsp3) is 0.0769. The molecule has 0 spiro atoms. The number of benzene rings is 3. The number of furan rings is 1. The molecule has 32 heavy (non-hydrogen) atoms. The van der Waals surface area contributed by atoms with E-state index in [-0.39, 0.29) is 12.3 Å². The van der Waals surface area contributed by atoms with Crippen molar-refractivity contribution >= 4 is 16.8 Å². The van der Waals surface area contributed by atoms with E-state index in [9.17, 15) is 10.0 Å². The van der Waals surface area contributed by atoms with Crippen molar-refractivity contribution in [1.82, 2.24) is 14.8 Å². The Morgan fingerprint density at radius 1 is 0.844 bits per heavy atom. The predicted octanol–water partition coefficient (Wildman–Crippen LogP) is 5.38. The van der Waals surface area contributed by atoms with Crippen LogP contribution in [-0.2, 0) is 13.1 Å². The summed E-state index contributed by atoms with van der Waals surface area (Å²) >= 11 is 0. The van der Waals surface area contributed by atoms with Gasteiger partial charge in [0, 0.05) is 5.39 Å². The third-order valence-electron chi connectivity index (χ3n) is 5.29. The number of aromatic nitrogens is 2. The number of rotatable bonds is 6. The van der Waals surface area contributed by atoms with Gasteiger partial charge in [-0.25, -0.2) is 5.06 Å². The first-order valence-electron chi connectivity index (χ1n) is 10.3. The Labute approximate surface area is 184 Å². The minimum atomic E-state index is -0.604. The lowest BCUT2D eigenvalue weighted by molar-refractivity contribution is -0.0666. The van der Waals surface area contributed by atoms with Gasteiger partial charge in [-0.3, -0.25) is 14.7 Å². The molecule has 5 rings (SSSR count). The number of nitrogens with zero attached hydrogens (tertiary/aromatic N) is 3. The van der Waals surface area contributed by atoms with Crippen LogP contribution in [-0.4, -0.2) is 26.0 Å². The fourth-order valence-corrected chi connectivity index (χ4v) is 3.72. The Balaban J connectivity index is 1.43. The summed E-state index contributed by atoms with van der Waals surface area (Å²) in [5.74, 6) is -0.0716. The Morgan fingerprint density at radius 2 is 1.50 bits per heavy atom. The van der Waals surface area contributed by atoms with Crippen molar-refractivity contribution in [3.05, 3.63) is 114 Å². The second kappa shape index (κ2) is 8.53. The van der Waals surface area contributed by atoms with Gasteiger partial charge in [0.05, 0.1) is 18.6 Å². The molecule has 0 radical (unpaired) electrons. The molecule has 0 saturated heterocycles. The molecule has 0 unspecified atom stereocenters. The topological polar surface area (TPSA) is 71.5 Å². The third kappa shape index (κ3) is 3.91. The molecule has 0 aliphatic heterocycles. The number of fused-ring (bicyclic) bond motifs is 1. The average molecular weight is 423 g/mol. The summed E-state index contributed by atoms with van der Waals surface area (Å²) in [6.45, 7) is 0.694. The van der Waals surface area contributed by atoms with Crippen LogP contribution in [0.15, 0.2) is 101 Å². The van der Waals surface area contributed by atoms with Crippen molar-refractivity contribution < 1.29 is 14.4 Å². The second-order valence-corrected chi connectivity index (χ2v) is 7.52. The summed E-state index contributed by atoms with van der Waals surface area (Å²) in [5.41, 5.74) is 3.59. The number of carbonyl (C=O) groups is 1. The monoisotopic (exact) mass is 423 g/mol. The largest absolute Gasteiger partial charge is 0.449 e. The summed E-state index contributed by atoms with van der Waals surface area (Å²) < 4.78 is 7.76. The SMILES string of the molecule is O=C(c1ccc(-c2nn(Cc3ccccc3)c3ccccc23)o1)N(O)Cc1ccccc1. The van der Waals surface area contributed by atoms with E-state index in [1.54, 1.807) is 12.1 Å². The highest BCUT2D eigenvalue weighted by atomic mass is 16.5. The van der Waals surface area contributed by atoms with Gasteiger partial charge in [-0.1, -0.05) is 78.9 Å². The quantitative estimate of drug-likeness (QED) is 0.294. The number of hydrogen-bond donors (Lipinski definition) is 1. The van der Waals surface area contributed by atoms with Crippen LogP contribution in [0.5, 0.6) is 0 Å². The van der Waals surface area contributed by atoms with Crippen LogP contribution in [0.1, 0.15) is 21.7 Å². The molecule has 0 aliphatic carbocycles. The maximum Gasteiger partial charge on any atom is 0.313 e. The molecule has 0 fully saturated rings. The predicted molar refractivity (Wildman–Crippen MR) is 121 cm³/mol.